The number of benzene rings is 4. The van der Waals surface area contributed by atoms with Gasteiger partial charge in [-0.3, -0.25) is 9.59 Å². The molecule has 64 heavy (non-hydrogen) atoms. The fourth-order valence-corrected chi connectivity index (χ4v) is 10.1. The number of H-pyrrole nitrogens is 2. The number of piperidine rings is 2. The predicted molar refractivity (Wildman–Crippen MR) is 241 cm³/mol. The SMILES string of the molecule is COC(=O)N[C@H](C(=O)N1[C@@H]2C[C@@H]2C[C@H]1c1nc2ccc3cc(C#CC#Cc4ccc5c(ccc6nc([C@@H]7C[C@H]8C[C@H]8N7C(=O)[C@@H](NC(=O)OC)C(C)C)[nH]c65)c4)ccc3c2[nH]1)C(C)C. The van der Waals surface area contributed by atoms with Gasteiger partial charge in [0.1, 0.15) is 23.7 Å². The monoisotopic (exact) mass is 858 g/mol. The van der Waals surface area contributed by atoms with E-state index in [1.54, 1.807) is 0 Å². The number of nitrogens with one attached hydrogen (secondary N) is 4. The Balaban J connectivity index is 0.849. The minimum absolute atomic E-state index is 0.106. The van der Waals surface area contributed by atoms with Gasteiger partial charge in [-0.15, -0.1) is 0 Å². The maximum atomic E-state index is 13.9. The van der Waals surface area contributed by atoms with Gasteiger partial charge in [0.25, 0.3) is 0 Å². The molecular formula is C50H50N8O6. The summed E-state index contributed by atoms with van der Waals surface area (Å²) in [5, 5.41) is 9.53. The van der Waals surface area contributed by atoms with Crippen molar-refractivity contribution in [1.29, 1.82) is 0 Å². The molecule has 4 aliphatic rings. The lowest BCUT2D eigenvalue weighted by Gasteiger charge is -2.31. The first kappa shape index (κ1) is 41.0. The van der Waals surface area contributed by atoms with E-state index < -0.39 is 24.3 Å². The highest BCUT2D eigenvalue weighted by Crippen LogP contribution is 2.55. The lowest BCUT2D eigenvalue weighted by molar-refractivity contribution is -0.137. The van der Waals surface area contributed by atoms with Crippen molar-refractivity contribution in [2.24, 2.45) is 23.7 Å². The van der Waals surface area contributed by atoms with Crippen LogP contribution in [0.2, 0.25) is 0 Å². The molecule has 4 fully saturated rings. The zero-order valence-electron chi connectivity index (χ0n) is 36.6. The van der Waals surface area contributed by atoms with Crippen LogP contribution >= 0.6 is 0 Å². The van der Waals surface area contributed by atoms with Crippen LogP contribution < -0.4 is 10.6 Å². The van der Waals surface area contributed by atoms with Gasteiger partial charge in [0, 0.05) is 34.0 Å². The summed E-state index contributed by atoms with van der Waals surface area (Å²) in [5.74, 6) is 14.4. The van der Waals surface area contributed by atoms with Gasteiger partial charge < -0.3 is 39.9 Å². The average molecular weight is 859 g/mol. The second kappa shape index (κ2) is 15.9. The minimum Gasteiger partial charge on any atom is -0.453 e. The van der Waals surface area contributed by atoms with Crippen LogP contribution in [0.5, 0.6) is 0 Å². The van der Waals surface area contributed by atoms with Gasteiger partial charge in [0.05, 0.1) is 48.4 Å². The van der Waals surface area contributed by atoms with E-state index in [2.05, 4.69) is 44.3 Å². The van der Waals surface area contributed by atoms with Crippen molar-refractivity contribution in [3.05, 3.63) is 83.4 Å². The Bertz CT molecular complexity index is 2830. The maximum absolute atomic E-state index is 13.9. The van der Waals surface area contributed by atoms with Crippen molar-refractivity contribution in [1.82, 2.24) is 40.4 Å². The summed E-state index contributed by atoms with van der Waals surface area (Å²) >= 11 is 0. The summed E-state index contributed by atoms with van der Waals surface area (Å²) < 4.78 is 9.63. The van der Waals surface area contributed by atoms with E-state index in [9.17, 15) is 19.2 Å². The molecule has 4 N–H and O–H groups in total. The Morgan fingerprint density at radius 1 is 0.625 bits per heavy atom. The molecule has 2 saturated heterocycles. The number of aromatic amines is 2. The number of hydrogen-bond donors (Lipinski definition) is 4. The summed E-state index contributed by atoms with van der Waals surface area (Å²) in [4.78, 5) is 73.0. The van der Waals surface area contributed by atoms with E-state index in [-0.39, 0.29) is 47.8 Å². The third-order valence-electron chi connectivity index (χ3n) is 13.6. The molecule has 2 saturated carbocycles. The van der Waals surface area contributed by atoms with E-state index in [1.165, 1.54) is 14.2 Å². The number of fused-ring (bicyclic) bond motifs is 8. The number of alkyl carbamates (subject to hydrolysis) is 2. The number of hydrogen-bond acceptors (Lipinski definition) is 8. The molecule has 2 aliphatic carbocycles. The number of rotatable bonds is 8. The second-order valence-electron chi connectivity index (χ2n) is 18.4. The zero-order valence-corrected chi connectivity index (χ0v) is 36.6. The molecule has 0 bridgehead atoms. The molecule has 4 aromatic carbocycles. The van der Waals surface area contributed by atoms with Crippen LogP contribution in [-0.4, -0.2) is 92.1 Å². The largest absolute Gasteiger partial charge is 0.453 e. The van der Waals surface area contributed by atoms with Crippen LogP contribution in [0.4, 0.5) is 9.59 Å². The number of aromatic nitrogens is 4. The molecule has 14 heteroatoms. The molecule has 2 aliphatic heterocycles. The molecule has 0 unspecified atom stereocenters. The number of methoxy groups -OCH3 is 2. The Labute approximate surface area is 370 Å². The summed E-state index contributed by atoms with van der Waals surface area (Å²) in [6, 6.07) is 18.7. The van der Waals surface area contributed by atoms with Crippen molar-refractivity contribution in [3.8, 4) is 23.7 Å². The molecule has 326 valence electrons. The fourth-order valence-electron chi connectivity index (χ4n) is 10.1. The van der Waals surface area contributed by atoms with Crippen LogP contribution in [0.15, 0.2) is 60.7 Å². The molecule has 14 nitrogen and oxygen atoms in total. The summed E-state index contributed by atoms with van der Waals surface area (Å²) in [6.07, 6.45) is 2.36. The number of likely N-dealkylation sites (tertiary alicyclic amines) is 2. The first-order valence-corrected chi connectivity index (χ1v) is 22.1. The van der Waals surface area contributed by atoms with Crippen molar-refractivity contribution in [3.63, 3.8) is 0 Å². The van der Waals surface area contributed by atoms with Crippen LogP contribution in [0.3, 0.4) is 0 Å². The second-order valence-corrected chi connectivity index (χ2v) is 18.4. The number of amides is 4. The first-order chi connectivity index (χ1) is 30.9. The normalized spacial score (nSPS) is 22.7. The van der Waals surface area contributed by atoms with E-state index in [1.807, 2.05) is 98.2 Å². The van der Waals surface area contributed by atoms with Crippen LogP contribution in [0.1, 0.15) is 88.2 Å². The number of ether oxygens (including phenoxy) is 2. The van der Waals surface area contributed by atoms with Crippen molar-refractivity contribution < 1.29 is 28.7 Å². The zero-order chi connectivity index (χ0) is 44.6. The minimum atomic E-state index is -0.690. The van der Waals surface area contributed by atoms with Gasteiger partial charge in [0.2, 0.25) is 11.8 Å². The van der Waals surface area contributed by atoms with E-state index in [0.29, 0.717) is 11.8 Å². The topological polar surface area (TPSA) is 175 Å². The Kier molecular flexibility index (Phi) is 10.2. The first-order valence-electron chi connectivity index (χ1n) is 22.1. The van der Waals surface area contributed by atoms with Gasteiger partial charge in [-0.1, -0.05) is 63.8 Å². The number of carbonyl (C=O) groups excluding carboxylic acids is 4. The summed E-state index contributed by atoms with van der Waals surface area (Å²) in [5.41, 5.74) is 5.14. The van der Waals surface area contributed by atoms with Crippen molar-refractivity contribution in [2.45, 2.75) is 89.6 Å². The van der Waals surface area contributed by atoms with Gasteiger partial charge >= 0.3 is 12.2 Å². The smallest absolute Gasteiger partial charge is 0.407 e. The lowest BCUT2D eigenvalue weighted by atomic mass is 10.0. The molecule has 4 amide bonds. The van der Waals surface area contributed by atoms with Crippen LogP contribution in [-0.2, 0) is 19.1 Å². The Morgan fingerprint density at radius 2 is 1.05 bits per heavy atom. The van der Waals surface area contributed by atoms with Crippen molar-refractivity contribution in [2.75, 3.05) is 14.2 Å². The number of carbonyl (C=O) groups is 4. The van der Waals surface area contributed by atoms with E-state index in [4.69, 9.17) is 19.4 Å². The Morgan fingerprint density at radius 3 is 1.44 bits per heavy atom. The quantitative estimate of drug-likeness (QED) is 0.116. The van der Waals surface area contributed by atoms with Crippen LogP contribution in [0.25, 0.3) is 43.6 Å². The molecule has 0 radical (unpaired) electrons. The molecule has 2 aromatic heterocycles. The molecule has 10 rings (SSSR count). The number of nitrogens with zero attached hydrogens (tertiary/aromatic N) is 4. The molecule has 6 aromatic rings. The average Bonchev–Trinajstić information content (AvgIpc) is 3.94. The van der Waals surface area contributed by atoms with Gasteiger partial charge in [-0.25, -0.2) is 19.6 Å². The molecule has 0 spiro atoms. The molecule has 8 atom stereocenters. The molecular weight excluding hydrogens is 809 g/mol. The van der Waals surface area contributed by atoms with Crippen molar-refractivity contribution >= 4 is 67.6 Å². The summed E-state index contributed by atoms with van der Waals surface area (Å²) in [6.45, 7) is 7.68. The van der Waals surface area contributed by atoms with Gasteiger partial charge in [-0.05, 0) is 108 Å². The van der Waals surface area contributed by atoms with E-state index in [0.717, 1.165) is 92.1 Å². The standard InChI is InChI=1S/C50H50N8O6/c1-25(2)41(55-49(61)63-5)47(59)57-37-21-31(37)23-39(57)45-51-35-17-13-29-19-27(11-15-33(29)43(35)53-45)9-7-8-10-28-12-16-34-30(20-28)14-18-36-44(34)54-46(52-36)40-24-32-22-38(32)58(40)48(60)42(26(3)4)56-50(62)64-6/h11-20,25-26,31-32,37-42H,21-24H2,1-6H3,(H,51,53)(H,52,54)(H,55,61)(H,56,62)/t31-,32-,37-,38-,39+,40+,41+,42+/m1/s1. The third kappa shape index (κ3) is 7.30. The molecule has 4 heterocycles. The van der Waals surface area contributed by atoms with E-state index >= 15 is 0 Å². The predicted octanol–water partition coefficient (Wildman–Crippen LogP) is 7.23. The summed E-state index contributed by atoms with van der Waals surface area (Å²) in [7, 11) is 2.60. The highest BCUT2D eigenvalue weighted by atomic mass is 16.5. The number of imidazole rings is 2. The maximum Gasteiger partial charge on any atom is 0.407 e. The Hall–Kier alpha value is -7.06. The van der Waals surface area contributed by atoms with Gasteiger partial charge in [-0.2, -0.15) is 0 Å². The lowest BCUT2D eigenvalue weighted by Crippen LogP contribution is -2.52. The van der Waals surface area contributed by atoms with Gasteiger partial charge in [0.15, 0.2) is 0 Å². The fraction of sp³-hybridized carbons (Fsp3) is 0.400. The third-order valence-corrected chi connectivity index (χ3v) is 13.6. The van der Waals surface area contributed by atoms with Crippen LogP contribution in [0, 0.1) is 47.4 Å². The highest BCUT2D eigenvalue weighted by molar-refractivity contribution is 6.05. The highest BCUT2D eigenvalue weighted by Gasteiger charge is 2.57.